The molecule has 1 amide bonds. The summed E-state index contributed by atoms with van der Waals surface area (Å²) < 4.78 is 17.6. The normalized spacial score (nSPS) is 19.2. The Kier molecular flexibility index (Phi) is 53.6. The number of nitrogens with one attached hydrogen (secondary N) is 1. The number of carbonyl (C=O) groups is 2. The molecular formula is C70H123NO10. The Morgan fingerprint density at radius 2 is 0.889 bits per heavy atom. The van der Waals surface area contributed by atoms with Gasteiger partial charge in [-0.1, -0.05) is 273 Å². The molecule has 11 nitrogen and oxygen atoms in total. The predicted octanol–water partition coefficient (Wildman–Crippen LogP) is 16.5. The van der Waals surface area contributed by atoms with Crippen molar-refractivity contribution < 1.29 is 49.3 Å². The Hall–Kier alpha value is -3.16. The zero-order chi connectivity index (χ0) is 58.9. The fraction of sp³-hybridized carbons (Fsp3) is 0.771. The van der Waals surface area contributed by atoms with Gasteiger partial charge in [-0.05, 0) is 89.9 Å². The Labute approximate surface area is 495 Å². The molecule has 1 aliphatic rings. The Balaban J connectivity index is 2.65. The van der Waals surface area contributed by atoms with Crippen molar-refractivity contribution in [2.24, 2.45) is 0 Å². The molecule has 0 aromatic carbocycles. The first-order valence-electron chi connectivity index (χ1n) is 33.4. The summed E-state index contributed by atoms with van der Waals surface area (Å²) in [5.74, 6) is -1.25. The van der Waals surface area contributed by atoms with Gasteiger partial charge in [0.05, 0.1) is 25.4 Å². The number of aliphatic hydroxyl groups excluding tert-OH is 5. The fourth-order valence-electron chi connectivity index (χ4n) is 10.0. The van der Waals surface area contributed by atoms with Gasteiger partial charge >= 0.3 is 5.97 Å². The highest BCUT2D eigenvalue weighted by Crippen LogP contribution is 2.26. The van der Waals surface area contributed by atoms with Crippen LogP contribution in [0.1, 0.15) is 284 Å². The molecule has 0 bridgehead atoms. The number of rotatable bonds is 56. The van der Waals surface area contributed by atoms with E-state index in [-0.39, 0.29) is 19.4 Å². The van der Waals surface area contributed by atoms with Crippen LogP contribution in [0.25, 0.3) is 0 Å². The third-order valence-corrected chi connectivity index (χ3v) is 15.3. The second-order valence-corrected chi connectivity index (χ2v) is 22.8. The monoisotopic (exact) mass is 1140 g/mol. The summed E-state index contributed by atoms with van der Waals surface area (Å²) in [7, 11) is 0. The van der Waals surface area contributed by atoms with E-state index in [9.17, 15) is 35.1 Å². The van der Waals surface area contributed by atoms with Crippen molar-refractivity contribution >= 4 is 11.9 Å². The van der Waals surface area contributed by atoms with Gasteiger partial charge in [0.2, 0.25) is 5.91 Å². The van der Waals surface area contributed by atoms with Crippen LogP contribution >= 0.6 is 0 Å². The maximum Gasteiger partial charge on any atom is 0.306 e. The summed E-state index contributed by atoms with van der Waals surface area (Å²) in [6.07, 6.45) is 64.9. The number of unbranched alkanes of at least 4 members (excludes halogenated alkanes) is 30. The van der Waals surface area contributed by atoms with Crippen molar-refractivity contribution in [2.75, 3.05) is 13.2 Å². The second-order valence-electron chi connectivity index (χ2n) is 22.8. The number of carbonyl (C=O) groups excluding carboxylic acids is 2. The minimum Gasteiger partial charge on any atom is -0.454 e. The highest BCUT2D eigenvalue weighted by Gasteiger charge is 2.47. The summed E-state index contributed by atoms with van der Waals surface area (Å²) in [6.45, 7) is 5.65. The molecule has 0 radical (unpaired) electrons. The molecule has 81 heavy (non-hydrogen) atoms. The number of aliphatic hydroxyl groups is 5. The van der Waals surface area contributed by atoms with Gasteiger partial charge in [-0.2, -0.15) is 0 Å². The van der Waals surface area contributed by atoms with Gasteiger partial charge in [-0.15, -0.1) is 0 Å². The molecule has 1 rings (SSSR count). The molecule has 0 aliphatic carbocycles. The van der Waals surface area contributed by atoms with Crippen molar-refractivity contribution in [1.82, 2.24) is 5.32 Å². The average Bonchev–Trinajstić information content (AvgIpc) is 3.47. The summed E-state index contributed by atoms with van der Waals surface area (Å²) >= 11 is 0. The van der Waals surface area contributed by atoms with E-state index in [1.54, 1.807) is 6.08 Å². The van der Waals surface area contributed by atoms with Crippen molar-refractivity contribution in [2.45, 2.75) is 333 Å². The van der Waals surface area contributed by atoms with Gasteiger partial charge in [0.15, 0.2) is 12.4 Å². The van der Waals surface area contributed by atoms with Gasteiger partial charge in [0.1, 0.15) is 24.4 Å². The first kappa shape index (κ1) is 75.9. The standard InChI is InChI=1S/C70H123NO10/c1-4-7-10-13-16-19-22-25-27-29-30-31-32-33-34-35-37-40-43-46-49-52-55-58-65(75)81-68-67(77)66(76)64(59-72)80-70(68)79-60-61(62(73)56-53-50-47-44-41-38-24-21-18-15-12-9-6-3)71-69(78)63(74)57-54-51-48-45-42-39-36-28-26-23-20-17-14-11-8-5-2/h8,11,17,20,25-28,39,42,48,51,53,56,61-64,66-68,70,72-74,76-77H,4-7,9-10,12-16,18-19,21-24,29-38,40-41,43-47,49-50,52,54-55,57-60H2,1-3H3,(H,71,78)/b11-8-,20-17-,27-25+,28-26-,42-39-,51-48-,56-53+. The van der Waals surface area contributed by atoms with E-state index in [0.717, 1.165) is 77.0 Å². The molecule has 1 heterocycles. The maximum absolute atomic E-state index is 13.4. The smallest absolute Gasteiger partial charge is 0.306 e. The van der Waals surface area contributed by atoms with E-state index in [1.807, 2.05) is 18.2 Å². The van der Waals surface area contributed by atoms with Crippen LogP contribution in [0.5, 0.6) is 0 Å². The lowest BCUT2D eigenvalue weighted by Gasteiger charge is -2.41. The molecule has 6 N–H and O–H groups in total. The number of amides is 1. The minimum absolute atomic E-state index is 0.115. The average molecular weight is 1140 g/mol. The number of allylic oxidation sites excluding steroid dienone is 13. The summed E-state index contributed by atoms with van der Waals surface area (Å²) in [6, 6.07) is -1.06. The van der Waals surface area contributed by atoms with E-state index >= 15 is 0 Å². The van der Waals surface area contributed by atoms with Crippen molar-refractivity contribution in [1.29, 1.82) is 0 Å². The molecule has 468 valence electrons. The van der Waals surface area contributed by atoms with Crippen molar-refractivity contribution in [3.8, 4) is 0 Å². The van der Waals surface area contributed by atoms with Gasteiger partial charge in [0.25, 0.3) is 0 Å². The second kappa shape index (κ2) is 57.3. The first-order valence-corrected chi connectivity index (χ1v) is 33.4. The first-order chi connectivity index (χ1) is 39.7. The zero-order valence-corrected chi connectivity index (χ0v) is 51.9. The molecule has 1 fully saturated rings. The molecular weight excluding hydrogens is 1010 g/mol. The number of esters is 1. The van der Waals surface area contributed by atoms with E-state index in [1.165, 1.54) is 161 Å². The Morgan fingerprint density at radius 3 is 1.33 bits per heavy atom. The lowest BCUT2D eigenvalue weighted by atomic mass is 9.99. The van der Waals surface area contributed by atoms with Crippen LogP contribution in [0, 0.1) is 0 Å². The SMILES string of the molecule is CC/C=C\C/C=C\C/C=C\C/C=C\C/C=C\CCC(O)C(=O)NC(COC1OC(CO)C(O)C(O)C1OC(=O)CCCCCCCCCCCCCCC/C=C/CCCCCCCC)C(O)/C=C/CCCCCCCCCCCCC. The summed E-state index contributed by atoms with van der Waals surface area (Å²) in [5.41, 5.74) is 0. The van der Waals surface area contributed by atoms with Gasteiger partial charge < -0.3 is 45.1 Å². The van der Waals surface area contributed by atoms with Crippen LogP contribution in [0.4, 0.5) is 0 Å². The lowest BCUT2D eigenvalue weighted by molar-refractivity contribution is -0.305. The molecule has 1 aliphatic heterocycles. The molecule has 8 unspecified atom stereocenters. The zero-order valence-electron chi connectivity index (χ0n) is 51.9. The molecule has 8 atom stereocenters. The third-order valence-electron chi connectivity index (χ3n) is 15.3. The van der Waals surface area contributed by atoms with Crippen LogP contribution in [0.3, 0.4) is 0 Å². The van der Waals surface area contributed by atoms with Crippen molar-refractivity contribution in [3.63, 3.8) is 0 Å². The Morgan fingerprint density at radius 1 is 0.494 bits per heavy atom. The van der Waals surface area contributed by atoms with Gasteiger partial charge in [-0.3, -0.25) is 9.59 Å². The van der Waals surface area contributed by atoms with Crippen LogP contribution in [0.2, 0.25) is 0 Å². The fourth-order valence-corrected chi connectivity index (χ4v) is 10.0. The highest BCUT2D eigenvalue weighted by atomic mass is 16.7. The molecule has 0 aromatic heterocycles. The summed E-state index contributed by atoms with van der Waals surface area (Å²) in [5, 5.41) is 57.0. The maximum atomic E-state index is 13.4. The molecule has 0 aromatic rings. The molecule has 11 heteroatoms. The molecule has 1 saturated heterocycles. The topological polar surface area (TPSA) is 175 Å². The number of ether oxygens (including phenoxy) is 3. The van der Waals surface area contributed by atoms with Crippen LogP contribution in [0.15, 0.2) is 85.1 Å². The number of hydrogen-bond donors (Lipinski definition) is 6. The quantitative estimate of drug-likeness (QED) is 0.0195. The third kappa shape index (κ3) is 45.0. The van der Waals surface area contributed by atoms with Crippen LogP contribution in [-0.2, 0) is 23.8 Å². The van der Waals surface area contributed by atoms with E-state index in [4.69, 9.17) is 14.2 Å². The van der Waals surface area contributed by atoms with Crippen LogP contribution in [-0.4, -0.2) is 99.6 Å². The van der Waals surface area contributed by atoms with Crippen LogP contribution < -0.4 is 5.32 Å². The van der Waals surface area contributed by atoms with Crippen molar-refractivity contribution in [3.05, 3.63) is 85.1 Å². The minimum atomic E-state index is -1.63. The predicted molar refractivity (Wildman–Crippen MR) is 338 cm³/mol. The molecule has 0 saturated carbocycles. The highest BCUT2D eigenvalue weighted by molar-refractivity contribution is 5.80. The molecule has 0 spiro atoms. The van der Waals surface area contributed by atoms with Gasteiger partial charge in [-0.25, -0.2) is 0 Å². The lowest BCUT2D eigenvalue weighted by Crippen LogP contribution is -2.61. The van der Waals surface area contributed by atoms with Gasteiger partial charge in [0, 0.05) is 6.42 Å². The van der Waals surface area contributed by atoms with E-state index in [0.29, 0.717) is 12.8 Å². The summed E-state index contributed by atoms with van der Waals surface area (Å²) in [4.78, 5) is 26.6. The largest absolute Gasteiger partial charge is 0.454 e. The van der Waals surface area contributed by atoms with E-state index in [2.05, 4.69) is 86.8 Å². The van der Waals surface area contributed by atoms with E-state index < -0.39 is 67.4 Å². The number of hydrogen-bond acceptors (Lipinski definition) is 10. The Bertz CT molecular complexity index is 1640.